The van der Waals surface area contributed by atoms with Crippen LogP contribution in [0, 0.1) is 5.92 Å². The second-order valence-electron chi connectivity index (χ2n) is 5.19. The second-order valence-corrected chi connectivity index (χ2v) is 5.19. The molecule has 0 fully saturated rings. The molecule has 1 nitrogen and oxygen atoms in total. The average Bonchev–Trinajstić information content (AvgIpc) is 2.47. The van der Waals surface area contributed by atoms with Crippen LogP contribution in [0.4, 0.5) is 0 Å². The summed E-state index contributed by atoms with van der Waals surface area (Å²) in [5, 5.41) is 3.69. The quantitative estimate of drug-likeness (QED) is 0.860. The Morgan fingerprint density at radius 2 is 1.68 bits per heavy atom. The first kappa shape index (κ1) is 12.2. The van der Waals surface area contributed by atoms with Crippen LogP contribution in [-0.4, -0.2) is 0 Å². The van der Waals surface area contributed by atoms with Gasteiger partial charge in [-0.3, -0.25) is 0 Å². The molecule has 3 rings (SSSR count). The lowest BCUT2D eigenvalue weighted by molar-refractivity contribution is 0.440. The Morgan fingerprint density at radius 3 is 2.53 bits per heavy atom. The highest BCUT2D eigenvalue weighted by atomic mass is 14.9. The summed E-state index contributed by atoms with van der Waals surface area (Å²) in [6.07, 6.45) is 4.53. The van der Waals surface area contributed by atoms with Crippen LogP contribution in [0.15, 0.2) is 60.7 Å². The number of hydrogen-bond donors (Lipinski definition) is 1. The fourth-order valence-corrected chi connectivity index (χ4v) is 2.72. The summed E-state index contributed by atoms with van der Waals surface area (Å²) < 4.78 is 0. The highest BCUT2D eigenvalue weighted by Gasteiger charge is 2.21. The molecule has 0 saturated heterocycles. The maximum Gasteiger partial charge on any atom is 0.0389 e. The van der Waals surface area contributed by atoms with Crippen molar-refractivity contribution in [1.82, 2.24) is 5.32 Å². The Balaban J connectivity index is 1.79. The first-order chi connectivity index (χ1) is 9.34. The molecule has 0 unspecified atom stereocenters. The zero-order chi connectivity index (χ0) is 13.1. The fourth-order valence-electron chi connectivity index (χ4n) is 2.72. The normalized spacial score (nSPS) is 21.1. The third kappa shape index (κ3) is 2.61. The highest BCUT2D eigenvalue weighted by molar-refractivity contribution is 5.58. The van der Waals surface area contributed by atoms with Gasteiger partial charge < -0.3 is 5.32 Å². The molecule has 0 bridgehead atoms. The number of benzene rings is 2. The number of hydrogen-bond acceptors (Lipinski definition) is 1. The van der Waals surface area contributed by atoms with Crippen LogP contribution in [0.3, 0.4) is 0 Å². The van der Waals surface area contributed by atoms with Crippen molar-refractivity contribution in [2.75, 3.05) is 0 Å². The minimum absolute atomic E-state index is 0.404. The first-order valence-electron chi connectivity index (χ1n) is 6.89. The van der Waals surface area contributed by atoms with Gasteiger partial charge in [0.1, 0.15) is 0 Å². The summed E-state index contributed by atoms with van der Waals surface area (Å²) in [5.74, 6) is 0.526. The maximum absolute atomic E-state index is 3.69. The Hall–Kier alpha value is -1.86. The Bertz CT molecular complexity index is 571. The predicted molar refractivity (Wildman–Crippen MR) is 80.7 cm³/mol. The van der Waals surface area contributed by atoms with Gasteiger partial charge in [0.25, 0.3) is 0 Å². The third-order valence-corrected chi connectivity index (χ3v) is 3.81. The van der Waals surface area contributed by atoms with E-state index in [9.17, 15) is 0 Å². The molecule has 2 atom stereocenters. The Labute approximate surface area is 115 Å². The molecule has 0 saturated carbocycles. The molecule has 0 heterocycles. The molecule has 19 heavy (non-hydrogen) atoms. The summed E-state index contributed by atoms with van der Waals surface area (Å²) in [5.41, 5.74) is 4.08. The lowest BCUT2D eigenvalue weighted by Gasteiger charge is -2.28. The summed E-state index contributed by atoms with van der Waals surface area (Å²) in [6, 6.07) is 19.6. The van der Waals surface area contributed by atoms with E-state index >= 15 is 0 Å². The van der Waals surface area contributed by atoms with Crippen molar-refractivity contribution < 1.29 is 0 Å². The van der Waals surface area contributed by atoms with Crippen LogP contribution in [0.5, 0.6) is 0 Å². The van der Waals surface area contributed by atoms with E-state index in [1.165, 1.54) is 16.7 Å². The smallest absolute Gasteiger partial charge is 0.0389 e. The van der Waals surface area contributed by atoms with Gasteiger partial charge in [-0.15, -0.1) is 0 Å². The Morgan fingerprint density at radius 1 is 0.947 bits per heavy atom. The highest BCUT2D eigenvalue weighted by Crippen LogP contribution is 2.31. The summed E-state index contributed by atoms with van der Waals surface area (Å²) in [7, 11) is 0. The molecular weight excluding hydrogens is 230 g/mol. The van der Waals surface area contributed by atoms with E-state index in [0.717, 1.165) is 6.54 Å². The van der Waals surface area contributed by atoms with Crippen molar-refractivity contribution in [1.29, 1.82) is 0 Å². The average molecular weight is 249 g/mol. The van der Waals surface area contributed by atoms with Crippen LogP contribution >= 0.6 is 0 Å². The molecule has 0 spiro atoms. The van der Waals surface area contributed by atoms with E-state index in [-0.39, 0.29) is 0 Å². The van der Waals surface area contributed by atoms with Crippen molar-refractivity contribution in [3.8, 4) is 0 Å². The molecular formula is C18H19N. The van der Waals surface area contributed by atoms with E-state index in [4.69, 9.17) is 0 Å². The van der Waals surface area contributed by atoms with Crippen LogP contribution < -0.4 is 5.32 Å². The van der Waals surface area contributed by atoms with Gasteiger partial charge in [-0.1, -0.05) is 73.7 Å². The first-order valence-corrected chi connectivity index (χ1v) is 6.89. The molecule has 96 valence electrons. The van der Waals surface area contributed by atoms with Crippen molar-refractivity contribution in [3.63, 3.8) is 0 Å². The van der Waals surface area contributed by atoms with Crippen LogP contribution in [0.25, 0.3) is 6.08 Å². The molecule has 1 aliphatic rings. The van der Waals surface area contributed by atoms with E-state index < -0.39 is 0 Å². The minimum atomic E-state index is 0.404. The molecule has 2 aromatic carbocycles. The van der Waals surface area contributed by atoms with Gasteiger partial charge in [0.2, 0.25) is 0 Å². The molecule has 0 radical (unpaired) electrons. The van der Waals surface area contributed by atoms with Crippen molar-refractivity contribution in [2.45, 2.75) is 19.5 Å². The molecule has 1 heteroatoms. The second kappa shape index (κ2) is 5.41. The largest absolute Gasteiger partial charge is 0.305 e. The van der Waals surface area contributed by atoms with Gasteiger partial charge in [-0.2, -0.15) is 0 Å². The van der Waals surface area contributed by atoms with Crippen LogP contribution in [-0.2, 0) is 6.54 Å². The van der Waals surface area contributed by atoms with Gasteiger partial charge in [-0.05, 0) is 22.6 Å². The monoisotopic (exact) mass is 249 g/mol. The SMILES string of the molecule is C[C@H]1C=Cc2ccccc2[C@H]1NCc1ccccc1. The zero-order valence-electron chi connectivity index (χ0n) is 11.2. The van der Waals surface area contributed by atoms with E-state index in [2.05, 4.69) is 79.0 Å². The zero-order valence-corrected chi connectivity index (χ0v) is 11.2. The molecule has 0 aromatic heterocycles. The van der Waals surface area contributed by atoms with Crippen LogP contribution in [0.2, 0.25) is 0 Å². The molecule has 0 aliphatic heterocycles. The van der Waals surface area contributed by atoms with Gasteiger partial charge in [0.15, 0.2) is 0 Å². The van der Waals surface area contributed by atoms with Gasteiger partial charge in [0, 0.05) is 12.6 Å². The predicted octanol–water partition coefficient (Wildman–Crippen LogP) is 4.18. The van der Waals surface area contributed by atoms with Gasteiger partial charge in [0.05, 0.1) is 0 Å². The van der Waals surface area contributed by atoms with Crippen molar-refractivity contribution in [2.24, 2.45) is 5.92 Å². The summed E-state index contributed by atoms with van der Waals surface area (Å²) in [6.45, 7) is 3.19. The number of rotatable bonds is 3. The molecule has 1 N–H and O–H groups in total. The molecule has 1 aliphatic carbocycles. The standard InChI is InChI=1S/C18H19N/c1-14-11-12-16-9-5-6-10-17(16)18(14)19-13-15-7-3-2-4-8-15/h2-12,14,18-19H,13H2,1H3/t14-,18-/m0/s1. The lowest BCUT2D eigenvalue weighted by atomic mass is 9.86. The number of nitrogens with one attached hydrogen (secondary N) is 1. The van der Waals surface area contributed by atoms with Crippen LogP contribution in [0.1, 0.15) is 29.7 Å². The molecule has 0 amide bonds. The van der Waals surface area contributed by atoms with E-state index in [1.54, 1.807) is 0 Å². The molecule has 2 aromatic rings. The topological polar surface area (TPSA) is 12.0 Å². The van der Waals surface area contributed by atoms with Crippen molar-refractivity contribution >= 4 is 6.08 Å². The van der Waals surface area contributed by atoms with Gasteiger partial charge in [-0.25, -0.2) is 0 Å². The maximum atomic E-state index is 3.69. The summed E-state index contributed by atoms with van der Waals surface area (Å²) in [4.78, 5) is 0. The number of fused-ring (bicyclic) bond motifs is 1. The van der Waals surface area contributed by atoms with Crippen molar-refractivity contribution in [3.05, 3.63) is 77.4 Å². The summed E-state index contributed by atoms with van der Waals surface area (Å²) >= 11 is 0. The van der Waals surface area contributed by atoms with E-state index in [0.29, 0.717) is 12.0 Å². The fraction of sp³-hybridized carbons (Fsp3) is 0.222. The van der Waals surface area contributed by atoms with Gasteiger partial charge >= 0.3 is 0 Å². The Kier molecular flexibility index (Phi) is 3.47. The third-order valence-electron chi connectivity index (χ3n) is 3.81. The minimum Gasteiger partial charge on any atom is -0.305 e. The van der Waals surface area contributed by atoms with E-state index in [1.807, 2.05) is 0 Å². The lowest BCUT2D eigenvalue weighted by Crippen LogP contribution is -2.28.